The number of carbonyl (C=O) groups excluding carboxylic acids is 1. The molecule has 1 aromatic rings. The molecule has 0 aliphatic heterocycles. The van der Waals surface area contributed by atoms with E-state index >= 15 is 0 Å². The summed E-state index contributed by atoms with van der Waals surface area (Å²) in [6.45, 7) is 5.75. The van der Waals surface area contributed by atoms with Gasteiger partial charge in [-0.25, -0.2) is 0 Å². The summed E-state index contributed by atoms with van der Waals surface area (Å²) in [5, 5.41) is 0.624. The van der Waals surface area contributed by atoms with Crippen molar-refractivity contribution in [3.05, 3.63) is 33.3 Å². The molecule has 0 saturated heterocycles. The Kier molecular flexibility index (Phi) is 6.00. The molecule has 0 atom stereocenters. The molecule has 0 aromatic heterocycles. The van der Waals surface area contributed by atoms with Crippen LogP contribution in [-0.4, -0.2) is 23.9 Å². The van der Waals surface area contributed by atoms with Gasteiger partial charge < -0.3 is 4.90 Å². The fraction of sp³-hybridized carbons (Fsp3) is 0.462. The zero-order valence-electron chi connectivity index (χ0n) is 10.2. The standard InChI is InChI=1S/C13H17BrClNO/c1-3-7-16(8-4-2)13(17)10-5-6-12(15)11(14)9-10/h5-6,9H,3-4,7-8H2,1-2H3. The lowest BCUT2D eigenvalue weighted by molar-refractivity contribution is 0.0755. The van der Waals surface area contributed by atoms with Crippen LogP contribution in [0.3, 0.4) is 0 Å². The molecule has 0 saturated carbocycles. The second kappa shape index (κ2) is 7.02. The Labute approximate surface area is 116 Å². The molecule has 0 spiro atoms. The van der Waals surface area contributed by atoms with Crippen molar-refractivity contribution in [2.75, 3.05) is 13.1 Å². The molecule has 0 radical (unpaired) electrons. The molecule has 0 bridgehead atoms. The molecular weight excluding hydrogens is 302 g/mol. The van der Waals surface area contributed by atoms with Crippen molar-refractivity contribution in [3.8, 4) is 0 Å². The maximum absolute atomic E-state index is 12.3. The summed E-state index contributed by atoms with van der Waals surface area (Å²) in [5.74, 6) is 0.0751. The van der Waals surface area contributed by atoms with E-state index < -0.39 is 0 Å². The van der Waals surface area contributed by atoms with Gasteiger partial charge in [-0.05, 0) is 47.0 Å². The number of rotatable bonds is 5. The van der Waals surface area contributed by atoms with Crippen molar-refractivity contribution in [1.82, 2.24) is 4.90 Å². The van der Waals surface area contributed by atoms with Crippen LogP contribution in [0.1, 0.15) is 37.0 Å². The van der Waals surface area contributed by atoms with E-state index in [4.69, 9.17) is 11.6 Å². The highest BCUT2D eigenvalue weighted by Gasteiger charge is 2.14. The normalized spacial score (nSPS) is 10.4. The molecule has 1 rings (SSSR count). The smallest absolute Gasteiger partial charge is 0.253 e. The fourth-order valence-electron chi connectivity index (χ4n) is 1.67. The highest BCUT2D eigenvalue weighted by molar-refractivity contribution is 9.10. The second-order valence-electron chi connectivity index (χ2n) is 3.92. The molecule has 17 heavy (non-hydrogen) atoms. The molecule has 1 amide bonds. The van der Waals surface area contributed by atoms with Crippen molar-refractivity contribution in [2.45, 2.75) is 26.7 Å². The molecular formula is C13H17BrClNO. The van der Waals surface area contributed by atoms with Gasteiger partial charge in [-0.2, -0.15) is 0 Å². The lowest BCUT2D eigenvalue weighted by atomic mass is 10.2. The lowest BCUT2D eigenvalue weighted by Gasteiger charge is -2.21. The fourth-order valence-corrected chi connectivity index (χ4v) is 2.16. The topological polar surface area (TPSA) is 20.3 Å². The third kappa shape index (κ3) is 4.00. The number of carbonyl (C=O) groups is 1. The minimum Gasteiger partial charge on any atom is -0.339 e. The van der Waals surface area contributed by atoms with E-state index in [0.717, 1.165) is 30.4 Å². The van der Waals surface area contributed by atoms with E-state index in [9.17, 15) is 4.79 Å². The molecule has 0 unspecified atom stereocenters. The SMILES string of the molecule is CCCN(CCC)C(=O)c1ccc(Cl)c(Br)c1. The van der Waals surface area contributed by atoms with Crippen LogP contribution in [0.5, 0.6) is 0 Å². The van der Waals surface area contributed by atoms with E-state index in [2.05, 4.69) is 29.8 Å². The van der Waals surface area contributed by atoms with E-state index in [-0.39, 0.29) is 5.91 Å². The summed E-state index contributed by atoms with van der Waals surface area (Å²) in [5.41, 5.74) is 0.683. The van der Waals surface area contributed by atoms with E-state index in [1.165, 1.54) is 0 Å². The molecule has 0 aliphatic carbocycles. The van der Waals surface area contributed by atoms with E-state index in [1.54, 1.807) is 18.2 Å². The Morgan fingerprint density at radius 1 is 1.29 bits per heavy atom. The van der Waals surface area contributed by atoms with Crippen LogP contribution in [-0.2, 0) is 0 Å². The van der Waals surface area contributed by atoms with Gasteiger partial charge in [0, 0.05) is 23.1 Å². The third-order valence-electron chi connectivity index (χ3n) is 2.44. The molecule has 1 aromatic carbocycles. The number of halogens is 2. The van der Waals surface area contributed by atoms with Gasteiger partial charge in [0.1, 0.15) is 0 Å². The van der Waals surface area contributed by atoms with Crippen molar-refractivity contribution in [3.63, 3.8) is 0 Å². The first-order valence-corrected chi connectivity index (χ1v) is 7.01. The summed E-state index contributed by atoms with van der Waals surface area (Å²) in [6, 6.07) is 5.30. The number of benzene rings is 1. The Morgan fingerprint density at radius 3 is 2.35 bits per heavy atom. The third-order valence-corrected chi connectivity index (χ3v) is 3.65. The lowest BCUT2D eigenvalue weighted by Crippen LogP contribution is -2.32. The Hall–Kier alpha value is -0.540. The number of nitrogens with zero attached hydrogens (tertiary/aromatic N) is 1. The van der Waals surface area contributed by atoms with Crippen LogP contribution in [0.15, 0.2) is 22.7 Å². The average molecular weight is 319 g/mol. The van der Waals surface area contributed by atoms with Gasteiger partial charge in [0.25, 0.3) is 5.91 Å². The van der Waals surface area contributed by atoms with Crippen LogP contribution in [0.4, 0.5) is 0 Å². The molecule has 0 N–H and O–H groups in total. The molecule has 2 nitrogen and oxygen atoms in total. The molecule has 94 valence electrons. The average Bonchev–Trinajstić information content (AvgIpc) is 2.31. The minimum atomic E-state index is 0.0751. The summed E-state index contributed by atoms with van der Waals surface area (Å²) >= 11 is 9.25. The van der Waals surface area contributed by atoms with Gasteiger partial charge in [-0.15, -0.1) is 0 Å². The number of hydrogen-bond donors (Lipinski definition) is 0. The van der Waals surface area contributed by atoms with Crippen molar-refractivity contribution < 1.29 is 4.79 Å². The monoisotopic (exact) mass is 317 g/mol. The molecule has 0 aliphatic rings. The Morgan fingerprint density at radius 2 is 1.88 bits per heavy atom. The quantitative estimate of drug-likeness (QED) is 0.789. The van der Waals surface area contributed by atoms with Crippen LogP contribution in [0.25, 0.3) is 0 Å². The Balaban J connectivity index is 2.88. The summed E-state index contributed by atoms with van der Waals surface area (Å²) in [7, 11) is 0. The second-order valence-corrected chi connectivity index (χ2v) is 5.18. The Bertz CT molecular complexity index is 389. The van der Waals surface area contributed by atoms with Crippen molar-refractivity contribution >= 4 is 33.4 Å². The largest absolute Gasteiger partial charge is 0.339 e. The summed E-state index contributed by atoms with van der Waals surface area (Å²) in [4.78, 5) is 14.1. The van der Waals surface area contributed by atoms with Gasteiger partial charge in [0.15, 0.2) is 0 Å². The molecule has 0 heterocycles. The first-order valence-electron chi connectivity index (χ1n) is 5.84. The van der Waals surface area contributed by atoms with E-state index in [0.29, 0.717) is 10.6 Å². The van der Waals surface area contributed by atoms with Crippen LogP contribution in [0.2, 0.25) is 5.02 Å². The molecule has 4 heteroatoms. The van der Waals surface area contributed by atoms with Crippen LogP contribution >= 0.6 is 27.5 Å². The zero-order valence-corrected chi connectivity index (χ0v) is 12.5. The van der Waals surface area contributed by atoms with Gasteiger partial charge in [0.05, 0.1) is 5.02 Å². The minimum absolute atomic E-state index is 0.0751. The zero-order chi connectivity index (χ0) is 12.8. The van der Waals surface area contributed by atoms with Crippen molar-refractivity contribution in [1.29, 1.82) is 0 Å². The van der Waals surface area contributed by atoms with Gasteiger partial charge in [0.2, 0.25) is 0 Å². The van der Waals surface area contributed by atoms with Gasteiger partial charge >= 0.3 is 0 Å². The first kappa shape index (κ1) is 14.5. The predicted octanol–water partition coefficient (Wildman–Crippen LogP) is 4.36. The van der Waals surface area contributed by atoms with Crippen LogP contribution < -0.4 is 0 Å². The summed E-state index contributed by atoms with van der Waals surface area (Å²) < 4.78 is 0.762. The maximum Gasteiger partial charge on any atom is 0.253 e. The highest BCUT2D eigenvalue weighted by atomic mass is 79.9. The maximum atomic E-state index is 12.3. The van der Waals surface area contributed by atoms with Crippen molar-refractivity contribution in [2.24, 2.45) is 0 Å². The van der Waals surface area contributed by atoms with E-state index in [1.807, 2.05) is 4.90 Å². The van der Waals surface area contributed by atoms with Crippen LogP contribution in [0, 0.1) is 0 Å². The highest BCUT2D eigenvalue weighted by Crippen LogP contribution is 2.23. The first-order chi connectivity index (χ1) is 8.10. The predicted molar refractivity (Wildman–Crippen MR) is 75.6 cm³/mol. The summed E-state index contributed by atoms with van der Waals surface area (Å²) in [6.07, 6.45) is 1.95. The van der Waals surface area contributed by atoms with Gasteiger partial charge in [-0.3, -0.25) is 4.79 Å². The van der Waals surface area contributed by atoms with Gasteiger partial charge in [-0.1, -0.05) is 25.4 Å². The number of hydrogen-bond acceptors (Lipinski definition) is 1. The number of amides is 1. The molecule has 0 fully saturated rings.